The second-order valence-corrected chi connectivity index (χ2v) is 11.8. The first-order valence-corrected chi connectivity index (χ1v) is 13.6. The van der Waals surface area contributed by atoms with E-state index in [2.05, 4.69) is 87.8 Å². The lowest BCUT2D eigenvalue weighted by atomic mass is 9.96. The summed E-state index contributed by atoms with van der Waals surface area (Å²) in [4.78, 5) is 8.93. The third-order valence-corrected chi connectivity index (χ3v) is 7.33. The Morgan fingerprint density at radius 3 is 2.79 bits per heavy atom. The average Bonchev–Trinajstić information content (AvgIpc) is 3.66. The van der Waals surface area contributed by atoms with E-state index in [4.69, 9.17) is 11.6 Å². The van der Waals surface area contributed by atoms with E-state index >= 15 is 0 Å². The van der Waals surface area contributed by atoms with E-state index in [-0.39, 0.29) is 11.5 Å². The van der Waals surface area contributed by atoms with Gasteiger partial charge in [-0.05, 0) is 47.4 Å². The largest absolute Gasteiger partial charge is 0.383 e. The summed E-state index contributed by atoms with van der Waals surface area (Å²) in [6, 6.07) is 14.8. The van der Waals surface area contributed by atoms with Crippen LogP contribution in [0.1, 0.15) is 50.8 Å². The van der Waals surface area contributed by atoms with Gasteiger partial charge in [0.25, 0.3) is 0 Å². The van der Waals surface area contributed by atoms with E-state index in [1.54, 1.807) is 6.20 Å². The first kappa shape index (κ1) is 25.2. The molecule has 9 heteroatoms. The van der Waals surface area contributed by atoms with Crippen molar-refractivity contribution in [2.24, 2.45) is 5.41 Å². The predicted octanol–water partition coefficient (Wildman–Crippen LogP) is 6.25. The molecule has 0 unspecified atom stereocenters. The molecule has 4 N–H and O–H groups in total. The van der Waals surface area contributed by atoms with Gasteiger partial charge in [-0.3, -0.25) is 15.0 Å². The zero-order valence-corrected chi connectivity index (χ0v) is 23.0. The first-order chi connectivity index (χ1) is 18.8. The van der Waals surface area contributed by atoms with Gasteiger partial charge in [0.15, 0.2) is 0 Å². The summed E-state index contributed by atoms with van der Waals surface area (Å²) in [5.41, 5.74) is 11.5. The van der Waals surface area contributed by atoms with E-state index in [0.29, 0.717) is 28.7 Å². The number of halogens is 1. The Hall–Kier alpha value is -4.06. The van der Waals surface area contributed by atoms with Crippen molar-refractivity contribution >= 4 is 44.7 Å². The third-order valence-electron chi connectivity index (χ3n) is 7.04. The molecule has 8 nitrogen and oxygen atoms in total. The van der Waals surface area contributed by atoms with Crippen molar-refractivity contribution in [1.82, 2.24) is 25.9 Å². The maximum atomic E-state index is 9.85. The molecule has 39 heavy (non-hydrogen) atoms. The van der Waals surface area contributed by atoms with E-state index in [1.807, 2.05) is 30.6 Å². The van der Waals surface area contributed by atoms with Crippen LogP contribution in [-0.2, 0) is 0 Å². The summed E-state index contributed by atoms with van der Waals surface area (Å²) in [7, 11) is 0. The number of hydrogen-bond donors (Lipinski definition) is 4. The number of rotatable bonds is 7. The number of nitrogens with zero attached hydrogens (tertiary/aromatic N) is 4. The molecule has 0 bridgehead atoms. The van der Waals surface area contributed by atoms with Crippen LogP contribution < -0.4 is 21.6 Å². The van der Waals surface area contributed by atoms with E-state index < -0.39 is 0 Å². The van der Waals surface area contributed by atoms with Crippen molar-refractivity contribution in [3.05, 3.63) is 83.0 Å². The Labute approximate surface area is 233 Å². The number of pyridine rings is 2. The minimum Gasteiger partial charge on any atom is -0.383 e. The van der Waals surface area contributed by atoms with Crippen LogP contribution >= 0.6 is 11.6 Å². The monoisotopic (exact) mass is 538 g/mol. The zero-order valence-electron chi connectivity index (χ0n) is 22.2. The summed E-state index contributed by atoms with van der Waals surface area (Å²) in [5, 5.41) is 22.7. The van der Waals surface area contributed by atoms with Crippen molar-refractivity contribution in [2.75, 3.05) is 17.2 Å². The third kappa shape index (κ3) is 5.16. The summed E-state index contributed by atoms with van der Waals surface area (Å²) in [6.07, 6.45) is 9.79. The molecule has 3 heterocycles. The molecule has 0 saturated heterocycles. The molecule has 2 aromatic heterocycles. The van der Waals surface area contributed by atoms with Gasteiger partial charge in [0.1, 0.15) is 6.07 Å². The molecule has 1 fully saturated rings. The van der Waals surface area contributed by atoms with Crippen LogP contribution in [0.3, 0.4) is 0 Å². The summed E-state index contributed by atoms with van der Waals surface area (Å²) in [5.74, 6) is 0. The molecule has 6 rings (SSSR count). The molecule has 2 aromatic carbocycles. The molecule has 1 aliphatic carbocycles. The fourth-order valence-corrected chi connectivity index (χ4v) is 5.16. The molecule has 2 aliphatic rings. The molecule has 0 radical (unpaired) electrons. The lowest BCUT2D eigenvalue weighted by molar-refractivity contribution is 0.260. The highest BCUT2D eigenvalue weighted by atomic mass is 35.5. The van der Waals surface area contributed by atoms with Gasteiger partial charge in [-0.25, -0.2) is 0 Å². The number of nitriles is 1. The maximum Gasteiger partial charge on any atom is 0.103 e. The molecule has 4 aromatic rings. The molecule has 0 amide bonds. The van der Waals surface area contributed by atoms with Gasteiger partial charge in [0, 0.05) is 53.8 Å². The number of benzene rings is 2. The molecule has 1 saturated carbocycles. The van der Waals surface area contributed by atoms with Gasteiger partial charge >= 0.3 is 0 Å². The quantitative estimate of drug-likeness (QED) is 0.219. The van der Waals surface area contributed by atoms with Crippen LogP contribution in [0.25, 0.3) is 21.7 Å². The van der Waals surface area contributed by atoms with Gasteiger partial charge in [-0.1, -0.05) is 50.6 Å². The lowest BCUT2D eigenvalue weighted by Crippen LogP contribution is -2.38. The summed E-state index contributed by atoms with van der Waals surface area (Å²) in [6.45, 7) is 7.15. The van der Waals surface area contributed by atoms with Gasteiger partial charge in [-0.15, -0.1) is 5.53 Å². The Kier molecular flexibility index (Phi) is 6.42. The fraction of sp³-hybridized carbons (Fsp3) is 0.300. The number of nitrogens with one attached hydrogen (secondary N) is 4. The Morgan fingerprint density at radius 2 is 2.03 bits per heavy atom. The fourth-order valence-electron chi connectivity index (χ4n) is 4.89. The molecular weight excluding hydrogens is 508 g/mol. The highest BCUT2D eigenvalue weighted by Crippen LogP contribution is 2.38. The normalized spacial score (nSPS) is 16.1. The van der Waals surface area contributed by atoms with Crippen molar-refractivity contribution in [3.63, 3.8) is 0 Å². The van der Waals surface area contributed by atoms with Crippen molar-refractivity contribution in [3.8, 4) is 6.07 Å². The minimum absolute atomic E-state index is 0.0243. The zero-order chi connectivity index (χ0) is 27.1. The lowest BCUT2D eigenvalue weighted by Gasteiger charge is -2.24. The van der Waals surface area contributed by atoms with Gasteiger partial charge < -0.3 is 16.1 Å². The van der Waals surface area contributed by atoms with Crippen molar-refractivity contribution < 1.29 is 0 Å². The topological polar surface area (TPSA) is 101 Å². The highest BCUT2D eigenvalue weighted by molar-refractivity contribution is 6.35. The second kappa shape index (κ2) is 9.92. The number of hydrazine groups is 2. The SMILES string of the molecule is CC(C)(C)CNc1c(C#N)cnc2c(Cl)cc(N[C@H](C3=CN(C4CC4)NN3)c3cccc4ccncc34)cc12. The standard InChI is InChI=1S/C30H31ClN8/c1-30(2,3)17-35-27-19(13-32)14-34-28-23(27)11-20(12-25(28)31)36-29(26-16-39(38-37-26)21-7-8-21)22-6-4-5-18-9-10-33-15-24(18)22/h4-6,9-12,14-16,21,29,36-38H,7-8,17H2,1-3H3,(H,34,35)/t29-/m0/s1. The molecule has 198 valence electrons. The molecule has 0 spiro atoms. The number of anilines is 2. The van der Waals surface area contributed by atoms with Crippen molar-refractivity contribution in [2.45, 2.75) is 45.7 Å². The second-order valence-electron chi connectivity index (χ2n) is 11.4. The Morgan fingerprint density at radius 1 is 1.18 bits per heavy atom. The number of fused-ring (bicyclic) bond motifs is 2. The first-order valence-electron chi connectivity index (χ1n) is 13.2. The number of hydrogen-bond acceptors (Lipinski definition) is 8. The van der Waals surface area contributed by atoms with Gasteiger partial charge in [0.2, 0.25) is 0 Å². The molecule has 1 aliphatic heterocycles. The summed E-state index contributed by atoms with van der Waals surface area (Å²) < 4.78 is 0. The van der Waals surface area contributed by atoms with Gasteiger partial charge in [-0.2, -0.15) is 5.26 Å². The smallest absolute Gasteiger partial charge is 0.103 e. The van der Waals surface area contributed by atoms with Crippen LogP contribution in [0.2, 0.25) is 5.02 Å². The highest BCUT2D eigenvalue weighted by Gasteiger charge is 2.32. The molecular formula is C30H31ClN8. The number of aromatic nitrogens is 2. The van der Waals surface area contributed by atoms with E-state index in [0.717, 1.165) is 38.8 Å². The van der Waals surface area contributed by atoms with Crippen LogP contribution in [0.5, 0.6) is 0 Å². The van der Waals surface area contributed by atoms with Gasteiger partial charge in [0.05, 0.1) is 33.5 Å². The Bertz CT molecular complexity index is 1630. The van der Waals surface area contributed by atoms with E-state index in [9.17, 15) is 5.26 Å². The Balaban J connectivity index is 1.46. The summed E-state index contributed by atoms with van der Waals surface area (Å²) >= 11 is 6.80. The van der Waals surface area contributed by atoms with Crippen LogP contribution in [0.15, 0.2) is 66.9 Å². The molecule has 1 atom stereocenters. The van der Waals surface area contributed by atoms with Crippen LogP contribution in [0, 0.1) is 16.7 Å². The van der Waals surface area contributed by atoms with Crippen LogP contribution in [0.4, 0.5) is 11.4 Å². The van der Waals surface area contributed by atoms with Crippen LogP contribution in [-0.4, -0.2) is 27.6 Å². The average molecular weight is 539 g/mol. The van der Waals surface area contributed by atoms with Crippen molar-refractivity contribution in [1.29, 1.82) is 5.26 Å². The predicted molar refractivity (Wildman–Crippen MR) is 157 cm³/mol. The maximum absolute atomic E-state index is 9.85. The minimum atomic E-state index is -0.222. The van der Waals surface area contributed by atoms with E-state index in [1.165, 1.54) is 12.8 Å².